The number of carbonyl (C=O) groups is 3. The molecule has 2 aliphatic heterocycles. The summed E-state index contributed by atoms with van der Waals surface area (Å²) < 4.78 is 45.4. The van der Waals surface area contributed by atoms with Gasteiger partial charge in [0.25, 0.3) is 5.69 Å². The van der Waals surface area contributed by atoms with Crippen molar-refractivity contribution in [3.05, 3.63) is 99.6 Å². The maximum atomic E-state index is 13.9. The summed E-state index contributed by atoms with van der Waals surface area (Å²) in [6.45, 7) is 4.98. The molecule has 2 amide bonds. The number of nitrogens with zero attached hydrogens (tertiary/aromatic N) is 2. The molecule has 0 spiro atoms. The number of amides is 2. The number of fused-ring (bicyclic) bond motifs is 1. The van der Waals surface area contributed by atoms with Gasteiger partial charge in [-0.05, 0) is 62.2 Å². The molecule has 44 heavy (non-hydrogen) atoms. The first kappa shape index (κ1) is 30.7. The largest absolute Gasteiger partial charge is 0.480 e. The summed E-state index contributed by atoms with van der Waals surface area (Å²) in [6.07, 6.45) is -4.85. The monoisotopic (exact) mass is 611 g/mol. The molecule has 2 saturated heterocycles. The zero-order chi connectivity index (χ0) is 32.2. The van der Waals surface area contributed by atoms with Crippen LogP contribution in [0, 0.1) is 22.0 Å². The first-order chi connectivity index (χ1) is 20.5. The number of carboxylic acid groups (broad SMARTS) is 1. The molecular formula is C31H28F3N3O7. The van der Waals surface area contributed by atoms with Crippen molar-refractivity contribution >= 4 is 23.5 Å². The van der Waals surface area contributed by atoms with E-state index in [1.807, 2.05) is 0 Å². The topological polar surface area (TPSA) is 139 Å². The van der Waals surface area contributed by atoms with Gasteiger partial charge in [-0.1, -0.05) is 30.3 Å². The molecule has 0 aromatic heterocycles. The van der Waals surface area contributed by atoms with Gasteiger partial charge in [0.2, 0.25) is 11.8 Å². The minimum Gasteiger partial charge on any atom is -0.480 e. The van der Waals surface area contributed by atoms with E-state index in [4.69, 9.17) is 4.74 Å². The molecule has 13 heteroatoms. The average Bonchev–Trinajstić information content (AvgIpc) is 3.42. The van der Waals surface area contributed by atoms with Gasteiger partial charge in [-0.15, -0.1) is 0 Å². The van der Waals surface area contributed by atoms with E-state index in [1.165, 1.54) is 48.5 Å². The summed E-state index contributed by atoms with van der Waals surface area (Å²) in [5, 5.41) is 24.8. The van der Waals surface area contributed by atoms with Gasteiger partial charge in [0.05, 0.1) is 22.3 Å². The first-order valence-corrected chi connectivity index (χ1v) is 13.6. The van der Waals surface area contributed by atoms with Crippen molar-refractivity contribution in [3.63, 3.8) is 0 Å². The molecular weight excluding hydrogens is 583 g/mol. The molecule has 2 N–H and O–H groups in total. The Hall–Kier alpha value is -4.78. The molecule has 4 unspecified atom stereocenters. The Morgan fingerprint density at radius 2 is 1.61 bits per heavy atom. The standard InChI is InChI=1S/C31H28F3N3O7/c1-29(2,3)36-26(38)23-24(27(36)39)30(28(40)41,16-17-10-12-20(13-11-17)37(42)43)35-25(23)18-6-4-8-21(14-18)44-22-9-5-7-19(15-22)31(32,33)34/h4-15,23-25,35H,16H2,1-3H3,(H,40,41). The second kappa shape index (κ2) is 10.7. The number of nitro benzene ring substituents is 1. The smallest absolute Gasteiger partial charge is 0.416 e. The van der Waals surface area contributed by atoms with Gasteiger partial charge in [-0.25, -0.2) is 0 Å². The first-order valence-electron chi connectivity index (χ1n) is 13.6. The number of imide groups is 1. The highest BCUT2D eigenvalue weighted by Crippen LogP contribution is 2.51. The molecule has 10 nitrogen and oxygen atoms in total. The zero-order valence-electron chi connectivity index (χ0n) is 23.8. The van der Waals surface area contributed by atoms with E-state index in [1.54, 1.807) is 32.9 Å². The van der Waals surface area contributed by atoms with Crippen LogP contribution in [-0.2, 0) is 27.0 Å². The van der Waals surface area contributed by atoms with E-state index in [2.05, 4.69) is 5.32 Å². The van der Waals surface area contributed by atoms with Gasteiger partial charge >= 0.3 is 12.1 Å². The third-order valence-corrected chi connectivity index (χ3v) is 7.95. The van der Waals surface area contributed by atoms with E-state index in [-0.39, 0.29) is 23.6 Å². The fourth-order valence-corrected chi connectivity index (χ4v) is 6.09. The number of carboxylic acids is 1. The lowest BCUT2D eigenvalue weighted by molar-refractivity contribution is -0.384. The quantitative estimate of drug-likeness (QED) is 0.202. The van der Waals surface area contributed by atoms with Crippen LogP contribution in [0.3, 0.4) is 0 Å². The highest BCUT2D eigenvalue weighted by molar-refractivity contribution is 6.10. The second-order valence-corrected chi connectivity index (χ2v) is 11.9. The third kappa shape index (κ3) is 5.39. The number of benzene rings is 3. The molecule has 4 atom stereocenters. The fraction of sp³-hybridized carbons (Fsp3) is 0.323. The Kier molecular flexibility index (Phi) is 7.48. The van der Waals surface area contributed by atoms with Crippen LogP contribution in [0.15, 0.2) is 72.8 Å². The van der Waals surface area contributed by atoms with Crippen molar-refractivity contribution in [2.24, 2.45) is 11.8 Å². The van der Waals surface area contributed by atoms with Crippen LogP contribution < -0.4 is 10.1 Å². The number of nitro groups is 1. The molecule has 2 heterocycles. The summed E-state index contributed by atoms with van der Waals surface area (Å²) in [7, 11) is 0. The molecule has 230 valence electrons. The number of hydrogen-bond acceptors (Lipinski definition) is 7. The molecule has 0 saturated carbocycles. The SMILES string of the molecule is CC(C)(C)N1C(=O)C2C(c3cccc(Oc4cccc(C(F)(F)F)c4)c3)NC(Cc3ccc([N+](=O)[O-])cc3)(C(=O)O)C2C1=O. The van der Waals surface area contributed by atoms with Crippen LogP contribution >= 0.6 is 0 Å². The van der Waals surface area contributed by atoms with Gasteiger partial charge in [0, 0.05) is 30.1 Å². The van der Waals surface area contributed by atoms with E-state index in [0.29, 0.717) is 11.1 Å². The van der Waals surface area contributed by atoms with Crippen molar-refractivity contribution in [2.75, 3.05) is 0 Å². The Morgan fingerprint density at radius 1 is 1.00 bits per heavy atom. The number of rotatable bonds is 7. The maximum absolute atomic E-state index is 13.9. The van der Waals surface area contributed by atoms with Crippen molar-refractivity contribution in [1.82, 2.24) is 10.2 Å². The van der Waals surface area contributed by atoms with Gasteiger partial charge in [0.1, 0.15) is 17.0 Å². The van der Waals surface area contributed by atoms with Crippen LogP contribution in [0.1, 0.15) is 43.5 Å². The minimum absolute atomic E-state index is 0.0849. The second-order valence-electron chi connectivity index (χ2n) is 11.9. The Morgan fingerprint density at radius 3 is 2.18 bits per heavy atom. The fourth-order valence-electron chi connectivity index (χ4n) is 6.09. The predicted molar refractivity (Wildman–Crippen MR) is 150 cm³/mol. The Balaban J connectivity index is 1.56. The number of aliphatic carboxylic acids is 1. The van der Waals surface area contributed by atoms with Crippen LogP contribution in [0.5, 0.6) is 11.5 Å². The molecule has 5 rings (SSSR count). The molecule has 0 aliphatic carbocycles. The van der Waals surface area contributed by atoms with Crippen molar-refractivity contribution in [1.29, 1.82) is 0 Å². The summed E-state index contributed by atoms with van der Waals surface area (Å²) in [5.41, 5.74) is -3.27. The molecule has 0 bridgehead atoms. The van der Waals surface area contributed by atoms with E-state index in [0.717, 1.165) is 17.0 Å². The van der Waals surface area contributed by atoms with E-state index >= 15 is 0 Å². The molecule has 2 aliphatic rings. The number of nitrogens with one attached hydrogen (secondary N) is 1. The van der Waals surface area contributed by atoms with E-state index in [9.17, 15) is 42.8 Å². The van der Waals surface area contributed by atoms with Gasteiger partial charge in [-0.3, -0.25) is 34.7 Å². The maximum Gasteiger partial charge on any atom is 0.416 e. The molecule has 0 radical (unpaired) electrons. The normalized spacial score (nSPS) is 23.5. The number of halogens is 3. The minimum atomic E-state index is -4.58. The highest BCUT2D eigenvalue weighted by atomic mass is 19.4. The average molecular weight is 612 g/mol. The highest BCUT2D eigenvalue weighted by Gasteiger charge is 2.69. The molecule has 3 aromatic rings. The summed E-state index contributed by atoms with van der Waals surface area (Å²) in [4.78, 5) is 52.5. The van der Waals surface area contributed by atoms with Crippen LogP contribution in [0.2, 0.25) is 0 Å². The molecule has 2 fully saturated rings. The lowest BCUT2D eigenvalue weighted by Crippen LogP contribution is -2.58. The van der Waals surface area contributed by atoms with Gasteiger partial charge < -0.3 is 9.84 Å². The number of alkyl halides is 3. The van der Waals surface area contributed by atoms with Crippen LogP contribution in [0.4, 0.5) is 18.9 Å². The van der Waals surface area contributed by atoms with Gasteiger partial charge in [0.15, 0.2) is 0 Å². The predicted octanol–water partition coefficient (Wildman–Crippen LogP) is 5.52. The van der Waals surface area contributed by atoms with Gasteiger partial charge in [-0.2, -0.15) is 13.2 Å². The Bertz CT molecular complexity index is 1650. The van der Waals surface area contributed by atoms with E-state index < -0.39 is 63.4 Å². The number of carbonyl (C=O) groups excluding carboxylic acids is 2. The van der Waals surface area contributed by atoms with Crippen molar-refractivity contribution in [2.45, 2.75) is 50.5 Å². The summed E-state index contributed by atoms with van der Waals surface area (Å²) in [5.74, 6) is -5.04. The summed E-state index contributed by atoms with van der Waals surface area (Å²) in [6, 6.07) is 14.7. The van der Waals surface area contributed by atoms with Crippen molar-refractivity contribution < 1.29 is 42.3 Å². The summed E-state index contributed by atoms with van der Waals surface area (Å²) >= 11 is 0. The van der Waals surface area contributed by atoms with Crippen LogP contribution in [-0.4, -0.2) is 43.8 Å². The number of hydrogen-bond donors (Lipinski definition) is 2. The van der Waals surface area contributed by atoms with Crippen LogP contribution in [0.25, 0.3) is 0 Å². The molecule has 3 aromatic carbocycles. The number of non-ortho nitro benzene ring substituents is 1. The number of likely N-dealkylation sites (tertiary alicyclic amines) is 1. The lowest BCUT2D eigenvalue weighted by Gasteiger charge is -2.35. The number of ether oxygens (including phenoxy) is 1. The zero-order valence-corrected chi connectivity index (χ0v) is 23.8. The van der Waals surface area contributed by atoms with Crippen molar-refractivity contribution in [3.8, 4) is 11.5 Å². The Labute approximate surface area is 249 Å². The third-order valence-electron chi connectivity index (χ3n) is 7.95. The lowest BCUT2D eigenvalue weighted by atomic mass is 9.76.